The molecule has 0 amide bonds. The van der Waals surface area contributed by atoms with Crippen LogP contribution in [0.5, 0.6) is 5.75 Å². The van der Waals surface area contributed by atoms with Gasteiger partial charge >= 0.3 is 0 Å². The molecule has 1 aromatic carbocycles. The van der Waals surface area contributed by atoms with Gasteiger partial charge in [-0.25, -0.2) is 8.78 Å². The number of hydrogen-bond acceptors (Lipinski definition) is 2. The van der Waals surface area contributed by atoms with Gasteiger partial charge in [0.05, 0.1) is 10.0 Å². The van der Waals surface area contributed by atoms with E-state index in [4.69, 9.17) is 5.73 Å². The molecular formula is C10H12BrF2NO. The second-order valence-corrected chi connectivity index (χ2v) is 4.59. The van der Waals surface area contributed by atoms with Crippen molar-refractivity contribution in [2.24, 2.45) is 5.73 Å². The summed E-state index contributed by atoms with van der Waals surface area (Å²) in [7, 11) is 0. The molecule has 0 aliphatic rings. The van der Waals surface area contributed by atoms with Gasteiger partial charge in [-0.15, -0.1) is 0 Å². The molecule has 5 heteroatoms. The Kier molecular flexibility index (Phi) is 3.67. The van der Waals surface area contributed by atoms with Gasteiger partial charge in [-0.2, -0.15) is 0 Å². The summed E-state index contributed by atoms with van der Waals surface area (Å²) in [6.45, 7) is 1.26. The maximum absolute atomic E-state index is 12.5. The monoisotopic (exact) mass is 279 g/mol. The predicted molar refractivity (Wildman–Crippen MR) is 58.1 cm³/mol. The highest BCUT2D eigenvalue weighted by atomic mass is 79.9. The van der Waals surface area contributed by atoms with E-state index in [9.17, 15) is 13.9 Å². The Bertz CT molecular complexity index is 355. The molecule has 1 atom stereocenters. The number of nitrogens with two attached hydrogens (primary N) is 1. The van der Waals surface area contributed by atoms with Gasteiger partial charge in [-0.3, -0.25) is 0 Å². The first-order valence-corrected chi connectivity index (χ1v) is 5.17. The molecule has 84 valence electrons. The van der Waals surface area contributed by atoms with E-state index in [0.717, 1.165) is 0 Å². The average molecular weight is 280 g/mol. The molecule has 1 unspecified atom stereocenters. The quantitative estimate of drug-likeness (QED) is 0.894. The lowest BCUT2D eigenvalue weighted by Gasteiger charge is -2.24. The van der Waals surface area contributed by atoms with Gasteiger partial charge in [0.2, 0.25) is 0 Å². The molecule has 15 heavy (non-hydrogen) atoms. The van der Waals surface area contributed by atoms with Gasteiger partial charge in [0.25, 0.3) is 6.43 Å². The largest absolute Gasteiger partial charge is 0.506 e. The Labute approximate surface area is 95.2 Å². The number of alkyl halides is 2. The molecule has 0 aliphatic carbocycles. The molecule has 2 nitrogen and oxygen atoms in total. The van der Waals surface area contributed by atoms with Crippen LogP contribution in [-0.2, 0) is 6.42 Å². The lowest BCUT2D eigenvalue weighted by Crippen LogP contribution is -2.45. The molecule has 1 rings (SSSR count). The first-order chi connectivity index (χ1) is 6.84. The summed E-state index contributed by atoms with van der Waals surface area (Å²) in [6, 6.07) is 4.88. The fourth-order valence-corrected chi connectivity index (χ4v) is 1.60. The van der Waals surface area contributed by atoms with Crippen LogP contribution in [0.4, 0.5) is 8.78 Å². The highest BCUT2D eigenvalue weighted by molar-refractivity contribution is 9.10. The highest BCUT2D eigenvalue weighted by Crippen LogP contribution is 2.30. The molecule has 3 N–H and O–H groups in total. The Morgan fingerprint density at radius 3 is 2.67 bits per heavy atom. The van der Waals surface area contributed by atoms with Crippen LogP contribution in [0.25, 0.3) is 0 Å². The third-order valence-corrected chi connectivity index (χ3v) is 2.78. The number of halogens is 3. The average Bonchev–Trinajstić information content (AvgIpc) is 2.12. The molecule has 0 saturated carbocycles. The summed E-state index contributed by atoms with van der Waals surface area (Å²) in [5, 5.41) is 9.60. The summed E-state index contributed by atoms with van der Waals surface area (Å²) < 4.78 is 25.5. The summed E-state index contributed by atoms with van der Waals surface area (Å²) in [5.74, 6) is -0.0326. The van der Waals surface area contributed by atoms with E-state index in [1.165, 1.54) is 6.92 Å². The van der Waals surface area contributed by atoms with Crippen molar-refractivity contribution < 1.29 is 13.9 Å². The summed E-state index contributed by atoms with van der Waals surface area (Å²) in [5.41, 5.74) is 4.22. The maximum atomic E-state index is 12.5. The topological polar surface area (TPSA) is 46.2 Å². The van der Waals surface area contributed by atoms with E-state index in [0.29, 0.717) is 10.0 Å². The molecule has 0 spiro atoms. The van der Waals surface area contributed by atoms with Gasteiger partial charge in [0.15, 0.2) is 0 Å². The second-order valence-electron chi connectivity index (χ2n) is 3.73. The first-order valence-electron chi connectivity index (χ1n) is 4.38. The van der Waals surface area contributed by atoms with Gasteiger partial charge in [0, 0.05) is 0 Å². The molecular weight excluding hydrogens is 268 g/mol. The van der Waals surface area contributed by atoms with Crippen molar-refractivity contribution in [1.82, 2.24) is 0 Å². The van der Waals surface area contributed by atoms with E-state index in [-0.39, 0.29) is 12.2 Å². The number of hydrogen-bond donors (Lipinski definition) is 2. The van der Waals surface area contributed by atoms with Crippen LogP contribution >= 0.6 is 15.9 Å². The highest BCUT2D eigenvalue weighted by Gasteiger charge is 2.31. The number of benzene rings is 1. The van der Waals surface area contributed by atoms with E-state index < -0.39 is 12.0 Å². The van der Waals surface area contributed by atoms with E-state index in [2.05, 4.69) is 15.9 Å². The van der Waals surface area contributed by atoms with Crippen LogP contribution < -0.4 is 5.73 Å². The van der Waals surface area contributed by atoms with Crippen molar-refractivity contribution in [1.29, 1.82) is 0 Å². The molecule has 0 fully saturated rings. The third-order valence-electron chi connectivity index (χ3n) is 2.14. The fourth-order valence-electron chi connectivity index (χ4n) is 1.19. The summed E-state index contributed by atoms with van der Waals surface area (Å²) in [6.07, 6.45) is -2.70. The first kappa shape index (κ1) is 12.4. The zero-order valence-electron chi connectivity index (χ0n) is 8.17. The summed E-state index contributed by atoms with van der Waals surface area (Å²) in [4.78, 5) is 0. The number of phenolic OH excluding ortho intramolecular Hbond substituents is 1. The van der Waals surface area contributed by atoms with Crippen molar-refractivity contribution >= 4 is 15.9 Å². The number of rotatable bonds is 3. The number of phenols is 1. The molecule has 0 bridgehead atoms. The van der Waals surface area contributed by atoms with Crippen LogP contribution in [0.2, 0.25) is 0 Å². The minimum absolute atomic E-state index is 0.0326. The zero-order valence-corrected chi connectivity index (χ0v) is 9.76. The minimum atomic E-state index is -2.63. The van der Waals surface area contributed by atoms with Gasteiger partial charge in [-0.1, -0.05) is 12.1 Å². The second kappa shape index (κ2) is 4.45. The Morgan fingerprint density at radius 2 is 2.13 bits per heavy atom. The zero-order chi connectivity index (χ0) is 11.6. The fraction of sp³-hybridized carbons (Fsp3) is 0.400. The molecule has 0 saturated heterocycles. The van der Waals surface area contributed by atoms with Gasteiger partial charge in [0.1, 0.15) is 5.75 Å². The Hall–Kier alpha value is -0.680. The van der Waals surface area contributed by atoms with E-state index in [1.807, 2.05) is 0 Å². The maximum Gasteiger partial charge on any atom is 0.256 e. The molecule has 0 heterocycles. The van der Waals surface area contributed by atoms with Crippen LogP contribution in [0.15, 0.2) is 22.7 Å². The predicted octanol–water partition coefficient (Wildman–Crippen LogP) is 2.68. The smallest absolute Gasteiger partial charge is 0.256 e. The Balaban J connectivity index is 2.95. The SMILES string of the molecule is CC(N)(Cc1cccc(Br)c1O)C(F)F. The minimum Gasteiger partial charge on any atom is -0.506 e. The van der Waals surface area contributed by atoms with Crippen molar-refractivity contribution in [3.8, 4) is 5.75 Å². The molecule has 0 aliphatic heterocycles. The molecule has 0 radical (unpaired) electrons. The standard InChI is InChI=1S/C10H12BrF2NO/c1-10(14,9(12)13)5-6-3-2-4-7(11)8(6)15/h2-4,9,15H,5,14H2,1H3. The van der Waals surface area contributed by atoms with Crippen molar-refractivity contribution in [2.75, 3.05) is 0 Å². The Morgan fingerprint density at radius 1 is 1.53 bits per heavy atom. The summed E-state index contributed by atoms with van der Waals surface area (Å²) >= 11 is 3.11. The van der Waals surface area contributed by atoms with Crippen molar-refractivity contribution in [3.63, 3.8) is 0 Å². The van der Waals surface area contributed by atoms with E-state index in [1.54, 1.807) is 18.2 Å². The van der Waals surface area contributed by atoms with Crippen LogP contribution in [-0.4, -0.2) is 17.1 Å². The van der Waals surface area contributed by atoms with Crippen LogP contribution in [0.1, 0.15) is 12.5 Å². The molecule has 1 aromatic rings. The molecule has 0 aromatic heterocycles. The lowest BCUT2D eigenvalue weighted by atomic mass is 9.94. The number of aromatic hydroxyl groups is 1. The van der Waals surface area contributed by atoms with Gasteiger partial charge in [-0.05, 0) is 40.9 Å². The van der Waals surface area contributed by atoms with Crippen LogP contribution in [0, 0.1) is 0 Å². The van der Waals surface area contributed by atoms with Crippen LogP contribution in [0.3, 0.4) is 0 Å². The van der Waals surface area contributed by atoms with Crippen molar-refractivity contribution in [3.05, 3.63) is 28.2 Å². The van der Waals surface area contributed by atoms with Gasteiger partial charge < -0.3 is 10.8 Å². The lowest BCUT2D eigenvalue weighted by molar-refractivity contribution is 0.0636. The normalized spacial score (nSPS) is 15.3. The van der Waals surface area contributed by atoms with Crippen molar-refractivity contribution in [2.45, 2.75) is 25.3 Å². The third kappa shape index (κ3) is 2.89. The van der Waals surface area contributed by atoms with E-state index >= 15 is 0 Å². The number of para-hydroxylation sites is 1.